The van der Waals surface area contributed by atoms with Gasteiger partial charge in [-0.15, -0.1) is 0 Å². The lowest BCUT2D eigenvalue weighted by Crippen LogP contribution is -2.32. The average molecular weight is 394 g/mol. The molecule has 0 aliphatic carbocycles. The second-order valence-electron chi connectivity index (χ2n) is 6.48. The van der Waals surface area contributed by atoms with Crippen LogP contribution in [0.25, 0.3) is 11.1 Å². The Kier molecular flexibility index (Phi) is 6.34. The number of para-hydroxylation sites is 1. The molecule has 0 unspecified atom stereocenters. The third kappa shape index (κ3) is 4.85. The van der Waals surface area contributed by atoms with E-state index in [0.29, 0.717) is 5.75 Å². The van der Waals surface area contributed by atoms with E-state index in [2.05, 4.69) is 10.6 Å². The predicted molar refractivity (Wildman–Crippen MR) is 113 cm³/mol. The van der Waals surface area contributed by atoms with Crippen molar-refractivity contribution in [3.05, 3.63) is 72.5 Å². The van der Waals surface area contributed by atoms with E-state index in [1.807, 2.05) is 42.5 Å². The Hall–Kier alpha value is -3.54. The Morgan fingerprint density at radius 3 is 2.34 bits per heavy atom. The Bertz CT molecular complexity index is 990. The van der Waals surface area contributed by atoms with Gasteiger partial charge in [-0.2, -0.15) is 0 Å². The monoisotopic (exact) mass is 394 g/mol. The number of carbonyl (C=O) groups excluding carboxylic acids is 1. The van der Waals surface area contributed by atoms with Crippen molar-refractivity contribution in [2.75, 3.05) is 24.9 Å². The number of benzene rings is 3. The molecule has 1 atom stereocenters. The van der Waals surface area contributed by atoms with E-state index in [1.165, 1.54) is 12.1 Å². The zero-order valence-corrected chi connectivity index (χ0v) is 16.5. The predicted octanol–water partition coefficient (Wildman–Crippen LogP) is 4.95. The molecular weight excluding hydrogens is 371 g/mol. The molecule has 150 valence electrons. The normalized spacial score (nSPS) is 11.4. The lowest BCUT2D eigenvalue weighted by atomic mass is 10.0. The Labute approximate surface area is 169 Å². The molecule has 0 aromatic heterocycles. The van der Waals surface area contributed by atoms with Crippen LogP contribution in [0, 0.1) is 5.82 Å². The van der Waals surface area contributed by atoms with Gasteiger partial charge in [0.15, 0.2) is 0 Å². The third-order valence-corrected chi connectivity index (χ3v) is 4.51. The molecular formula is C23H23FN2O3. The van der Waals surface area contributed by atoms with Crippen LogP contribution >= 0.6 is 0 Å². The minimum absolute atomic E-state index is 0.153. The SMILES string of the molecule is COc1ccc(-c2cc(N[C@@H](C)C(=O)Nc3ccccc3F)ccc2OC)cc1. The summed E-state index contributed by atoms with van der Waals surface area (Å²) < 4.78 is 24.4. The number of rotatable bonds is 7. The van der Waals surface area contributed by atoms with Gasteiger partial charge in [-0.3, -0.25) is 4.79 Å². The molecule has 2 N–H and O–H groups in total. The van der Waals surface area contributed by atoms with E-state index < -0.39 is 11.9 Å². The first-order valence-corrected chi connectivity index (χ1v) is 9.16. The van der Waals surface area contributed by atoms with E-state index in [1.54, 1.807) is 33.3 Å². The number of amides is 1. The summed E-state index contributed by atoms with van der Waals surface area (Å²) in [5.41, 5.74) is 2.73. The highest BCUT2D eigenvalue weighted by atomic mass is 19.1. The van der Waals surface area contributed by atoms with Gasteiger partial charge in [0.25, 0.3) is 0 Å². The molecule has 3 aromatic carbocycles. The molecule has 0 bridgehead atoms. The third-order valence-electron chi connectivity index (χ3n) is 4.51. The lowest BCUT2D eigenvalue weighted by molar-refractivity contribution is -0.116. The standard InChI is InChI=1S/C23H23FN2O3/c1-15(23(27)26-21-7-5-4-6-20(21)24)25-17-10-13-22(29-3)19(14-17)16-8-11-18(28-2)12-9-16/h4-15,25H,1-3H3,(H,26,27)/t15-/m0/s1. The lowest BCUT2D eigenvalue weighted by Gasteiger charge is -2.17. The van der Waals surface area contributed by atoms with Gasteiger partial charge in [-0.05, 0) is 55.0 Å². The largest absolute Gasteiger partial charge is 0.497 e. The number of methoxy groups -OCH3 is 2. The molecule has 0 heterocycles. The number of hydrogen-bond donors (Lipinski definition) is 2. The molecule has 3 aromatic rings. The first-order valence-electron chi connectivity index (χ1n) is 9.16. The zero-order chi connectivity index (χ0) is 20.8. The van der Waals surface area contributed by atoms with Crippen LogP contribution in [0.5, 0.6) is 11.5 Å². The molecule has 6 heteroatoms. The van der Waals surface area contributed by atoms with Crippen LogP contribution in [0.4, 0.5) is 15.8 Å². The highest BCUT2D eigenvalue weighted by Gasteiger charge is 2.16. The number of anilines is 2. The molecule has 0 aliphatic heterocycles. The van der Waals surface area contributed by atoms with Gasteiger partial charge >= 0.3 is 0 Å². The van der Waals surface area contributed by atoms with Gasteiger partial charge in [-0.1, -0.05) is 24.3 Å². The summed E-state index contributed by atoms with van der Waals surface area (Å²) in [5.74, 6) is 0.667. The van der Waals surface area contributed by atoms with Crippen LogP contribution in [-0.2, 0) is 4.79 Å². The number of halogens is 1. The Morgan fingerprint density at radius 2 is 1.69 bits per heavy atom. The maximum Gasteiger partial charge on any atom is 0.246 e. The van der Waals surface area contributed by atoms with Gasteiger partial charge in [0.05, 0.1) is 19.9 Å². The highest BCUT2D eigenvalue weighted by molar-refractivity contribution is 5.96. The van der Waals surface area contributed by atoms with Crippen LogP contribution in [0.15, 0.2) is 66.7 Å². The molecule has 0 radical (unpaired) electrons. The highest BCUT2D eigenvalue weighted by Crippen LogP contribution is 2.33. The van der Waals surface area contributed by atoms with Gasteiger partial charge in [0.1, 0.15) is 23.4 Å². The van der Waals surface area contributed by atoms with Gasteiger partial charge in [0, 0.05) is 11.3 Å². The maximum absolute atomic E-state index is 13.8. The fourth-order valence-electron chi connectivity index (χ4n) is 2.91. The molecule has 0 fully saturated rings. The van der Waals surface area contributed by atoms with Crippen LogP contribution in [0.2, 0.25) is 0 Å². The molecule has 3 rings (SSSR count). The van der Waals surface area contributed by atoms with Crippen molar-refractivity contribution in [2.24, 2.45) is 0 Å². The smallest absolute Gasteiger partial charge is 0.246 e. The summed E-state index contributed by atoms with van der Waals surface area (Å²) in [6.45, 7) is 1.72. The minimum atomic E-state index is -0.577. The van der Waals surface area contributed by atoms with E-state index >= 15 is 0 Å². The van der Waals surface area contributed by atoms with E-state index in [-0.39, 0.29) is 11.6 Å². The van der Waals surface area contributed by atoms with Crippen LogP contribution < -0.4 is 20.1 Å². The molecule has 0 spiro atoms. The summed E-state index contributed by atoms with van der Waals surface area (Å²) in [6, 6.07) is 18.7. The van der Waals surface area contributed by atoms with Gasteiger partial charge in [0.2, 0.25) is 5.91 Å². The van der Waals surface area contributed by atoms with Crippen LogP contribution in [0.1, 0.15) is 6.92 Å². The van der Waals surface area contributed by atoms with Crippen molar-refractivity contribution >= 4 is 17.3 Å². The average Bonchev–Trinajstić information content (AvgIpc) is 2.75. The second-order valence-corrected chi connectivity index (χ2v) is 6.48. The maximum atomic E-state index is 13.8. The van der Waals surface area contributed by atoms with Crippen molar-refractivity contribution in [1.82, 2.24) is 0 Å². The van der Waals surface area contributed by atoms with Crippen LogP contribution in [0.3, 0.4) is 0 Å². The van der Waals surface area contributed by atoms with Gasteiger partial charge < -0.3 is 20.1 Å². The first kappa shape index (κ1) is 20.2. The summed E-state index contributed by atoms with van der Waals surface area (Å²) in [6.07, 6.45) is 0. The van der Waals surface area contributed by atoms with Gasteiger partial charge in [-0.25, -0.2) is 4.39 Å². The Morgan fingerprint density at radius 1 is 0.966 bits per heavy atom. The van der Waals surface area contributed by atoms with Crippen molar-refractivity contribution in [3.63, 3.8) is 0 Å². The number of nitrogens with one attached hydrogen (secondary N) is 2. The molecule has 5 nitrogen and oxygen atoms in total. The summed E-state index contributed by atoms with van der Waals surface area (Å²) >= 11 is 0. The Balaban J connectivity index is 1.78. The molecule has 29 heavy (non-hydrogen) atoms. The topological polar surface area (TPSA) is 59.6 Å². The molecule has 1 amide bonds. The minimum Gasteiger partial charge on any atom is -0.497 e. The number of ether oxygens (including phenoxy) is 2. The second kappa shape index (κ2) is 9.10. The van der Waals surface area contributed by atoms with Crippen molar-refractivity contribution in [1.29, 1.82) is 0 Å². The quantitative estimate of drug-likeness (QED) is 0.595. The summed E-state index contributed by atoms with van der Waals surface area (Å²) in [4.78, 5) is 12.4. The van der Waals surface area contributed by atoms with E-state index in [4.69, 9.17) is 9.47 Å². The van der Waals surface area contributed by atoms with E-state index in [0.717, 1.165) is 22.6 Å². The summed E-state index contributed by atoms with van der Waals surface area (Å²) in [7, 11) is 3.23. The molecule has 0 saturated carbocycles. The van der Waals surface area contributed by atoms with E-state index in [9.17, 15) is 9.18 Å². The summed E-state index contributed by atoms with van der Waals surface area (Å²) in [5, 5.41) is 5.75. The number of hydrogen-bond acceptors (Lipinski definition) is 4. The van der Waals surface area contributed by atoms with Crippen LogP contribution in [-0.4, -0.2) is 26.2 Å². The fraction of sp³-hybridized carbons (Fsp3) is 0.174. The first-order chi connectivity index (χ1) is 14.0. The van der Waals surface area contributed by atoms with Crippen molar-refractivity contribution in [3.8, 4) is 22.6 Å². The fourth-order valence-corrected chi connectivity index (χ4v) is 2.91. The van der Waals surface area contributed by atoms with Crippen molar-refractivity contribution in [2.45, 2.75) is 13.0 Å². The van der Waals surface area contributed by atoms with Crippen molar-refractivity contribution < 1.29 is 18.7 Å². The number of carbonyl (C=O) groups is 1. The molecule has 0 saturated heterocycles. The zero-order valence-electron chi connectivity index (χ0n) is 16.5. The molecule has 0 aliphatic rings.